The van der Waals surface area contributed by atoms with Crippen LogP contribution in [-0.4, -0.2) is 10.1 Å². The summed E-state index contributed by atoms with van der Waals surface area (Å²) in [6.45, 7) is 10.4. The van der Waals surface area contributed by atoms with Gasteiger partial charge in [0.2, 0.25) is 5.89 Å². The highest BCUT2D eigenvalue weighted by Crippen LogP contribution is 2.24. The van der Waals surface area contributed by atoms with Crippen molar-refractivity contribution in [2.24, 2.45) is 11.7 Å². The van der Waals surface area contributed by atoms with Crippen LogP contribution in [0.5, 0.6) is 0 Å². The van der Waals surface area contributed by atoms with Crippen molar-refractivity contribution < 1.29 is 4.52 Å². The first kappa shape index (κ1) is 13.2. The minimum atomic E-state index is -0.485. The first-order valence-electron chi connectivity index (χ1n) is 5.96. The quantitative estimate of drug-likeness (QED) is 0.836. The number of aromatic nitrogens is 2. The van der Waals surface area contributed by atoms with Gasteiger partial charge in [-0.2, -0.15) is 4.98 Å². The summed E-state index contributed by atoms with van der Waals surface area (Å²) in [7, 11) is 0. The lowest BCUT2D eigenvalue weighted by Crippen LogP contribution is -2.34. The van der Waals surface area contributed by atoms with Crippen molar-refractivity contribution in [2.45, 2.75) is 58.9 Å². The molecule has 0 aromatic carbocycles. The van der Waals surface area contributed by atoms with Crippen LogP contribution in [0.15, 0.2) is 4.52 Å². The van der Waals surface area contributed by atoms with E-state index in [9.17, 15) is 0 Å². The van der Waals surface area contributed by atoms with Gasteiger partial charge in [0.25, 0.3) is 0 Å². The lowest BCUT2D eigenvalue weighted by atomic mass is 9.92. The Morgan fingerprint density at radius 3 is 2.38 bits per heavy atom. The molecule has 1 heterocycles. The van der Waals surface area contributed by atoms with Gasteiger partial charge in [-0.25, -0.2) is 0 Å². The van der Waals surface area contributed by atoms with E-state index in [1.54, 1.807) is 0 Å². The molecule has 92 valence electrons. The van der Waals surface area contributed by atoms with Crippen molar-refractivity contribution in [3.05, 3.63) is 11.7 Å². The lowest BCUT2D eigenvalue weighted by Gasteiger charge is -2.21. The Morgan fingerprint density at radius 1 is 1.31 bits per heavy atom. The Bertz CT molecular complexity index is 329. The van der Waals surface area contributed by atoms with Crippen LogP contribution in [0.2, 0.25) is 0 Å². The summed E-state index contributed by atoms with van der Waals surface area (Å²) in [4.78, 5) is 4.36. The normalized spacial score (nSPS) is 15.8. The molecule has 4 nitrogen and oxygen atoms in total. The highest BCUT2D eigenvalue weighted by Gasteiger charge is 2.27. The van der Waals surface area contributed by atoms with E-state index >= 15 is 0 Å². The van der Waals surface area contributed by atoms with Crippen LogP contribution in [0.1, 0.15) is 65.1 Å². The number of nitrogens with two attached hydrogens (primary N) is 1. The van der Waals surface area contributed by atoms with Crippen molar-refractivity contribution in [2.75, 3.05) is 0 Å². The van der Waals surface area contributed by atoms with E-state index in [0.29, 0.717) is 17.6 Å². The van der Waals surface area contributed by atoms with E-state index in [0.717, 1.165) is 12.8 Å². The number of rotatable bonds is 5. The van der Waals surface area contributed by atoms with Crippen LogP contribution in [-0.2, 0) is 5.54 Å². The predicted molar refractivity (Wildman–Crippen MR) is 64.0 cm³/mol. The molecule has 16 heavy (non-hydrogen) atoms. The Hall–Kier alpha value is -0.900. The number of hydrogen-bond donors (Lipinski definition) is 1. The minimum absolute atomic E-state index is 0.252. The SMILES string of the molecule is CC(C)CCC(C)(N)c1noc(C(C)C)n1. The molecule has 0 saturated carbocycles. The molecule has 1 atom stereocenters. The molecule has 4 heteroatoms. The summed E-state index contributed by atoms with van der Waals surface area (Å²) in [5, 5.41) is 3.98. The average molecular weight is 225 g/mol. The van der Waals surface area contributed by atoms with E-state index < -0.39 is 5.54 Å². The zero-order valence-electron chi connectivity index (χ0n) is 10.9. The third kappa shape index (κ3) is 3.30. The summed E-state index contributed by atoms with van der Waals surface area (Å²) in [5.41, 5.74) is 5.73. The zero-order valence-corrected chi connectivity index (χ0v) is 10.9. The first-order chi connectivity index (χ1) is 7.33. The van der Waals surface area contributed by atoms with Gasteiger partial charge in [-0.1, -0.05) is 32.9 Å². The molecule has 1 unspecified atom stereocenters. The average Bonchev–Trinajstić information content (AvgIpc) is 2.64. The van der Waals surface area contributed by atoms with Gasteiger partial charge in [-0.15, -0.1) is 0 Å². The molecule has 0 aliphatic rings. The molecule has 0 radical (unpaired) electrons. The van der Waals surface area contributed by atoms with Gasteiger partial charge >= 0.3 is 0 Å². The van der Waals surface area contributed by atoms with Gasteiger partial charge in [0.05, 0.1) is 5.54 Å². The lowest BCUT2D eigenvalue weighted by molar-refractivity contribution is 0.330. The Kier molecular flexibility index (Phi) is 4.08. The van der Waals surface area contributed by atoms with Gasteiger partial charge in [-0.05, 0) is 25.7 Å². The summed E-state index contributed by atoms with van der Waals surface area (Å²) < 4.78 is 5.18. The molecule has 1 aromatic heterocycles. The molecule has 0 amide bonds. The minimum Gasteiger partial charge on any atom is -0.339 e. The molecule has 2 N–H and O–H groups in total. The molecule has 0 aliphatic heterocycles. The van der Waals surface area contributed by atoms with Gasteiger partial charge in [0, 0.05) is 5.92 Å². The maximum atomic E-state index is 6.21. The molecule has 1 rings (SSSR count). The Balaban J connectivity index is 2.73. The van der Waals surface area contributed by atoms with Crippen molar-refractivity contribution >= 4 is 0 Å². The fourth-order valence-electron chi connectivity index (χ4n) is 1.40. The standard InChI is InChI=1S/C12H23N3O/c1-8(2)6-7-12(5,13)11-14-10(9(3)4)16-15-11/h8-9H,6-7,13H2,1-5H3. The second kappa shape index (κ2) is 4.95. The molecular formula is C12H23N3O. The van der Waals surface area contributed by atoms with E-state index in [1.807, 2.05) is 20.8 Å². The molecule has 0 fully saturated rings. The van der Waals surface area contributed by atoms with Crippen LogP contribution in [0.3, 0.4) is 0 Å². The van der Waals surface area contributed by atoms with Gasteiger partial charge < -0.3 is 10.3 Å². The molecular weight excluding hydrogens is 202 g/mol. The summed E-state index contributed by atoms with van der Waals surface area (Å²) in [6, 6.07) is 0. The molecule has 0 spiro atoms. The highest BCUT2D eigenvalue weighted by atomic mass is 16.5. The third-order valence-corrected chi connectivity index (χ3v) is 2.69. The molecule has 0 saturated heterocycles. The van der Waals surface area contributed by atoms with E-state index in [2.05, 4.69) is 24.0 Å². The van der Waals surface area contributed by atoms with Crippen molar-refractivity contribution in [1.29, 1.82) is 0 Å². The van der Waals surface area contributed by atoms with Crippen molar-refractivity contribution in [1.82, 2.24) is 10.1 Å². The van der Waals surface area contributed by atoms with Crippen LogP contribution in [0.4, 0.5) is 0 Å². The fourth-order valence-corrected chi connectivity index (χ4v) is 1.40. The predicted octanol–water partition coefficient (Wildman–Crippen LogP) is 2.80. The Morgan fingerprint density at radius 2 is 1.94 bits per heavy atom. The second-order valence-electron chi connectivity index (χ2n) is 5.46. The van der Waals surface area contributed by atoms with Crippen LogP contribution in [0.25, 0.3) is 0 Å². The maximum absolute atomic E-state index is 6.21. The van der Waals surface area contributed by atoms with Crippen LogP contribution < -0.4 is 5.73 Å². The number of hydrogen-bond acceptors (Lipinski definition) is 4. The highest BCUT2D eigenvalue weighted by molar-refractivity contribution is 5.02. The van der Waals surface area contributed by atoms with Gasteiger partial charge in [0.1, 0.15) is 0 Å². The smallest absolute Gasteiger partial charge is 0.229 e. The second-order valence-corrected chi connectivity index (χ2v) is 5.46. The Labute approximate surface area is 97.6 Å². The maximum Gasteiger partial charge on any atom is 0.229 e. The van der Waals surface area contributed by atoms with E-state index in [-0.39, 0.29) is 5.92 Å². The van der Waals surface area contributed by atoms with Crippen molar-refractivity contribution in [3.8, 4) is 0 Å². The van der Waals surface area contributed by atoms with Gasteiger partial charge in [0.15, 0.2) is 5.82 Å². The van der Waals surface area contributed by atoms with E-state index in [1.165, 1.54) is 0 Å². The van der Waals surface area contributed by atoms with Crippen LogP contribution >= 0.6 is 0 Å². The molecule has 1 aromatic rings. The largest absolute Gasteiger partial charge is 0.339 e. The fraction of sp³-hybridized carbons (Fsp3) is 0.833. The van der Waals surface area contributed by atoms with E-state index in [4.69, 9.17) is 10.3 Å². The number of nitrogens with zero attached hydrogens (tertiary/aromatic N) is 2. The topological polar surface area (TPSA) is 64.9 Å². The summed E-state index contributed by atoms with van der Waals surface area (Å²) in [6.07, 6.45) is 1.94. The van der Waals surface area contributed by atoms with Gasteiger partial charge in [-0.3, -0.25) is 0 Å². The molecule has 0 aliphatic carbocycles. The monoisotopic (exact) mass is 225 g/mol. The zero-order chi connectivity index (χ0) is 12.3. The molecule has 0 bridgehead atoms. The van der Waals surface area contributed by atoms with Crippen LogP contribution in [0, 0.1) is 5.92 Å². The van der Waals surface area contributed by atoms with Crippen molar-refractivity contribution in [3.63, 3.8) is 0 Å². The summed E-state index contributed by atoms with van der Waals surface area (Å²) in [5.74, 6) is 2.18. The third-order valence-electron chi connectivity index (χ3n) is 2.69. The summed E-state index contributed by atoms with van der Waals surface area (Å²) >= 11 is 0. The first-order valence-corrected chi connectivity index (χ1v) is 5.96.